The van der Waals surface area contributed by atoms with Crippen LogP contribution in [0.3, 0.4) is 0 Å². The van der Waals surface area contributed by atoms with E-state index in [0.717, 1.165) is 49.4 Å². The number of hydrogen-bond donors (Lipinski definition) is 0. The normalized spacial score (nSPS) is 15.8. The zero-order chi connectivity index (χ0) is 18.6. The number of hydrogen-bond acceptors (Lipinski definition) is 5. The highest BCUT2D eigenvalue weighted by atomic mass is 19.1. The van der Waals surface area contributed by atoms with Crippen LogP contribution in [-0.2, 0) is 6.54 Å². The number of halogens is 1. The summed E-state index contributed by atoms with van der Waals surface area (Å²) in [6.45, 7) is 4.60. The van der Waals surface area contributed by atoms with E-state index in [1.54, 1.807) is 18.3 Å². The smallest absolute Gasteiger partial charge is 0.149 e. The van der Waals surface area contributed by atoms with Gasteiger partial charge in [-0.1, -0.05) is 6.07 Å². The first kappa shape index (κ1) is 17.6. The number of rotatable bonds is 5. The molecule has 0 saturated carbocycles. The van der Waals surface area contributed by atoms with E-state index in [0.29, 0.717) is 5.69 Å². The van der Waals surface area contributed by atoms with Gasteiger partial charge in [-0.15, -0.1) is 0 Å². The minimum Gasteiger partial charge on any atom is -0.490 e. The summed E-state index contributed by atoms with van der Waals surface area (Å²) in [5.74, 6) is 0.624. The second-order valence-corrected chi connectivity index (χ2v) is 6.86. The average molecular weight is 367 g/mol. The lowest BCUT2D eigenvalue weighted by molar-refractivity contribution is 0.0961. The molecule has 0 unspecified atom stereocenters. The number of aryl methyl sites for hydroxylation is 1. The summed E-state index contributed by atoms with van der Waals surface area (Å²) < 4.78 is 21.9. The SMILES string of the molecule is Cc1cnccc1OC1CCN(Cc2ccc(-n3cncn3)c(F)c2)CC1. The molecule has 0 bridgehead atoms. The van der Waals surface area contributed by atoms with Crippen molar-refractivity contribution in [1.82, 2.24) is 24.6 Å². The van der Waals surface area contributed by atoms with Crippen LogP contribution < -0.4 is 4.74 Å². The van der Waals surface area contributed by atoms with E-state index in [4.69, 9.17) is 4.74 Å². The van der Waals surface area contributed by atoms with Gasteiger partial charge in [-0.25, -0.2) is 14.1 Å². The van der Waals surface area contributed by atoms with Crippen LogP contribution in [0.25, 0.3) is 5.69 Å². The number of ether oxygens (including phenoxy) is 1. The molecule has 1 aromatic carbocycles. The molecule has 2 aromatic heterocycles. The van der Waals surface area contributed by atoms with E-state index < -0.39 is 0 Å². The highest BCUT2D eigenvalue weighted by molar-refractivity contribution is 5.35. The van der Waals surface area contributed by atoms with Gasteiger partial charge in [0, 0.05) is 37.6 Å². The Morgan fingerprint density at radius 2 is 2.04 bits per heavy atom. The third kappa shape index (κ3) is 4.14. The quantitative estimate of drug-likeness (QED) is 0.693. The number of benzene rings is 1. The van der Waals surface area contributed by atoms with Crippen LogP contribution in [0, 0.1) is 12.7 Å². The summed E-state index contributed by atoms with van der Waals surface area (Å²) in [7, 11) is 0. The average Bonchev–Trinajstić information content (AvgIpc) is 3.20. The van der Waals surface area contributed by atoms with Gasteiger partial charge in [-0.2, -0.15) is 5.10 Å². The number of piperidine rings is 1. The van der Waals surface area contributed by atoms with Gasteiger partial charge in [-0.05, 0) is 43.5 Å². The van der Waals surface area contributed by atoms with Gasteiger partial charge >= 0.3 is 0 Å². The molecule has 1 aliphatic rings. The molecule has 3 heterocycles. The summed E-state index contributed by atoms with van der Waals surface area (Å²) in [5.41, 5.74) is 2.43. The zero-order valence-corrected chi connectivity index (χ0v) is 15.3. The summed E-state index contributed by atoms with van der Waals surface area (Å²) in [4.78, 5) is 10.3. The van der Waals surface area contributed by atoms with E-state index in [1.165, 1.54) is 17.3 Å². The standard InChI is InChI=1S/C20H22FN5O/c1-15-11-22-7-4-20(15)27-17-5-8-25(9-6-17)12-16-2-3-19(18(21)10-16)26-14-23-13-24-26/h2-4,7,10-11,13-14,17H,5-6,8-9,12H2,1H3. The first-order valence-electron chi connectivity index (χ1n) is 9.12. The minimum atomic E-state index is -0.288. The van der Waals surface area contributed by atoms with Gasteiger partial charge in [0.25, 0.3) is 0 Å². The molecule has 6 nitrogen and oxygen atoms in total. The zero-order valence-electron chi connectivity index (χ0n) is 15.3. The maximum atomic E-state index is 14.4. The van der Waals surface area contributed by atoms with Crippen LogP contribution in [0.5, 0.6) is 5.75 Å². The van der Waals surface area contributed by atoms with Crippen LogP contribution in [0.1, 0.15) is 24.0 Å². The van der Waals surface area contributed by atoms with Crippen LogP contribution in [0.4, 0.5) is 4.39 Å². The molecular formula is C20H22FN5O. The molecule has 0 amide bonds. The highest BCUT2D eigenvalue weighted by Crippen LogP contribution is 2.23. The molecule has 1 fully saturated rings. The van der Waals surface area contributed by atoms with Crippen molar-refractivity contribution in [2.24, 2.45) is 0 Å². The fourth-order valence-corrected chi connectivity index (χ4v) is 3.38. The Balaban J connectivity index is 1.33. The Morgan fingerprint density at radius 3 is 2.74 bits per heavy atom. The van der Waals surface area contributed by atoms with Gasteiger partial charge in [-0.3, -0.25) is 9.88 Å². The van der Waals surface area contributed by atoms with E-state index in [1.807, 2.05) is 25.3 Å². The number of aromatic nitrogens is 4. The second kappa shape index (κ2) is 7.84. The molecule has 0 N–H and O–H groups in total. The summed E-state index contributed by atoms with van der Waals surface area (Å²) >= 11 is 0. The molecule has 27 heavy (non-hydrogen) atoms. The van der Waals surface area contributed by atoms with Gasteiger partial charge in [0.15, 0.2) is 0 Å². The second-order valence-electron chi connectivity index (χ2n) is 6.86. The lowest BCUT2D eigenvalue weighted by Gasteiger charge is -2.32. The summed E-state index contributed by atoms with van der Waals surface area (Å²) in [6, 6.07) is 7.20. The van der Waals surface area contributed by atoms with E-state index in [2.05, 4.69) is 20.0 Å². The van der Waals surface area contributed by atoms with Crippen LogP contribution in [-0.4, -0.2) is 43.8 Å². The predicted octanol–water partition coefficient (Wildman–Crippen LogP) is 3.15. The number of nitrogens with zero attached hydrogens (tertiary/aromatic N) is 5. The molecule has 140 valence electrons. The Morgan fingerprint density at radius 1 is 1.19 bits per heavy atom. The molecule has 1 saturated heterocycles. The summed E-state index contributed by atoms with van der Waals surface area (Å²) in [6.07, 6.45) is 8.61. The molecule has 1 aliphatic heterocycles. The maximum absolute atomic E-state index is 14.4. The number of pyridine rings is 1. The fourth-order valence-electron chi connectivity index (χ4n) is 3.38. The van der Waals surface area contributed by atoms with Crippen molar-refractivity contribution in [2.75, 3.05) is 13.1 Å². The van der Waals surface area contributed by atoms with Crippen molar-refractivity contribution < 1.29 is 9.13 Å². The third-order valence-corrected chi connectivity index (χ3v) is 4.88. The van der Waals surface area contributed by atoms with E-state index in [9.17, 15) is 4.39 Å². The minimum absolute atomic E-state index is 0.216. The van der Waals surface area contributed by atoms with E-state index in [-0.39, 0.29) is 11.9 Å². The van der Waals surface area contributed by atoms with Gasteiger partial charge < -0.3 is 4.74 Å². The Hall–Kier alpha value is -2.80. The summed E-state index contributed by atoms with van der Waals surface area (Å²) in [5, 5.41) is 3.98. The van der Waals surface area contributed by atoms with Gasteiger partial charge in [0.2, 0.25) is 0 Å². The van der Waals surface area contributed by atoms with Crippen molar-refractivity contribution in [3.63, 3.8) is 0 Å². The van der Waals surface area contributed by atoms with Crippen molar-refractivity contribution in [1.29, 1.82) is 0 Å². The third-order valence-electron chi connectivity index (χ3n) is 4.88. The lowest BCUT2D eigenvalue weighted by atomic mass is 10.1. The van der Waals surface area contributed by atoms with Gasteiger partial charge in [0.05, 0.1) is 0 Å². The van der Waals surface area contributed by atoms with Crippen molar-refractivity contribution >= 4 is 0 Å². The molecule has 3 aromatic rings. The predicted molar refractivity (Wildman–Crippen MR) is 99.2 cm³/mol. The largest absolute Gasteiger partial charge is 0.490 e. The van der Waals surface area contributed by atoms with Gasteiger partial charge in [0.1, 0.15) is 36.0 Å². The molecule has 0 atom stereocenters. The van der Waals surface area contributed by atoms with Crippen LogP contribution >= 0.6 is 0 Å². The highest BCUT2D eigenvalue weighted by Gasteiger charge is 2.21. The first-order chi connectivity index (χ1) is 13.2. The molecular weight excluding hydrogens is 345 g/mol. The Bertz CT molecular complexity index is 891. The van der Waals surface area contributed by atoms with Crippen molar-refractivity contribution in [2.45, 2.75) is 32.4 Å². The first-order valence-corrected chi connectivity index (χ1v) is 9.12. The Labute approximate surface area is 157 Å². The Kier molecular flexibility index (Phi) is 5.11. The molecule has 0 spiro atoms. The van der Waals surface area contributed by atoms with Crippen LogP contribution in [0.15, 0.2) is 49.3 Å². The fraction of sp³-hybridized carbons (Fsp3) is 0.350. The molecule has 0 radical (unpaired) electrons. The monoisotopic (exact) mass is 367 g/mol. The lowest BCUT2D eigenvalue weighted by Crippen LogP contribution is -2.37. The molecule has 0 aliphatic carbocycles. The van der Waals surface area contributed by atoms with Crippen molar-refractivity contribution in [3.8, 4) is 11.4 Å². The van der Waals surface area contributed by atoms with Crippen LogP contribution in [0.2, 0.25) is 0 Å². The maximum Gasteiger partial charge on any atom is 0.149 e. The van der Waals surface area contributed by atoms with E-state index >= 15 is 0 Å². The van der Waals surface area contributed by atoms with Crippen molar-refractivity contribution in [3.05, 3.63) is 66.3 Å². The molecule has 4 rings (SSSR count). The number of likely N-dealkylation sites (tertiary alicyclic amines) is 1. The molecule has 7 heteroatoms. The topological polar surface area (TPSA) is 56.1 Å².